The van der Waals surface area contributed by atoms with E-state index >= 15 is 0 Å². The number of nitrogen functional groups attached to an aromatic ring is 1. The Hall–Kier alpha value is -2.25. The van der Waals surface area contributed by atoms with Crippen LogP contribution in [-0.4, -0.2) is 31.3 Å². The number of hydrogen-bond donors (Lipinski definition) is 2. The van der Waals surface area contributed by atoms with Gasteiger partial charge in [-0.25, -0.2) is 14.4 Å². The predicted molar refractivity (Wildman–Crippen MR) is 59.6 cm³/mol. The first kappa shape index (κ1) is 11.2. The van der Waals surface area contributed by atoms with Gasteiger partial charge in [-0.1, -0.05) is 0 Å². The zero-order valence-corrected chi connectivity index (χ0v) is 9.26. The quantitative estimate of drug-likeness (QED) is 0.776. The molecule has 0 atom stereocenters. The second kappa shape index (κ2) is 4.73. The summed E-state index contributed by atoms with van der Waals surface area (Å²) in [6.07, 6.45) is 3.21. The van der Waals surface area contributed by atoms with Crippen LogP contribution in [-0.2, 0) is 13.5 Å². The van der Waals surface area contributed by atoms with Crippen LogP contribution in [0.1, 0.15) is 5.82 Å². The molecule has 0 aromatic carbocycles. The Labute approximate surface area is 96.9 Å². The normalized spacial score (nSPS) is 10.5. The number of halogens is 1. The summed E-state index contributed by atoms with van der Waals surface area (Å²) in [7, 11) is 1.79. The molecular weight excluding hydrogens is 225 g/mol. The molecule has 0 amide bonds. The SMILES string of the molecule is Cn1cnc(CCNc2nc(N)ncc2F)n1. The topological polar surface area (TPSA) is 94.5 Å². The number of nitrogens with two attached hydrogens (primary N) is 1. The van der Waals surface area contributed by atoms with E-state index in [4.69, 9.17) is 5.73 Å². The Bertz CT molecular complexity index is 510. The monoisotopic (exact) mass is 237 g/mol. The van der Waals surface area contributed by atoms with E-state index < -0.39 is 5.82 Å². The molecule has 17 heavy (non-hydrogen) atoms. The third kappa shape index (κ3) is 2.86. The van der Waals surface area contributed by atoms with Gasteiger partial charge in [-0.3, -0.25) is 4.68 Å². The van der Waals surface area contributed by atoms with E-state index in [1.165, 1.54) is 0 Å². The molecule has 0 aliphatic heterocycles. The number of nitrogens with one attached hydrogen (secondary N) is 1. The molecule has 7 nitrogen and oxygen atoms in total. The van der Waals surface area contributed by atoms with Crippen LogP contribution in [0.2, 0.25) is 0 Å². The molecule has 0 spiro atoms. The van der Waals surface area contributed by atoms with E-state index in [9.17, 15) is 4.39 Å². The fourth-order valence-corrected chi connectivity index (χ4v) is 1.30. The highest BCUT2D eigenvalue weighted by Crippen LogP contribution is 2.09. The molecule has 2 aromatic heterocycles. The van der Waals surface area contributed by atoms with Gasteiger partial charge in [0, 0.05) is 20.0 Å². The molecular formula is C9H12FN7. The van der Waals surface area contributed by atoms with E-state index in [1.807, 2.05) is 0 Å². The van der Waals surface area contributed by atoms with Crippen molar-refractivity contribution in [1.82, 2.24) is 24.7 Å². The average molecular weight is 237 g/mol. The number of aromatic nitrogens is 5. The highest BCUT2D eigenvalue weighted by atomic mass is 19.1. The number of nitrogens with zero attached hydrogens (tertiary/aromatic N) is 5. The number of hydrogen-bond acceptors (Lipinski definition) is 6. The van der Waals surface area contributed by atoms with Crippen molar-refractivity contribution in [3.05, 3.63) is 24.2 Å². The summed E-state index contributed by atoms with van der Waals surface area (Å²) in [5, 5.41) is 6.91. The highest BCUT2D eigenvalue weighted by Gasteiger charge is 2.05. The summed E-state index contributed by atoms with van der Waals surface area (Å²) >= 11 is 0. The molecule has 3 N–H and O–H groups in total. The summed E-state index contributed by atoms with van der Waals surface area (Å²) in [6, 6.07) is 0. The van der Waals surface area contributed by atoms with Crippen molar-refractivity contribution >= 4 is 11.8 Å². The third-order valence-corrected chi connectivity index (χ3v) is 2.05. The minimum Gasteiger partial charge on any atom is -0.368 e. The Morgan fingerprint density at radius 2 is 2.29 bits per heavy atom. The Morgan fingerprint density at radius 3 is 3.00 bits per heavy atom. The number of rotatable bonds is 4. The summed E-state index contributed by atoms with van der Waals surface area (Å²) < 4.78 is 14.8. The molecule has 0 saturated heterocycles. The zero-order chi connectivity index (χ0) is 12.3. The summed E-state index contributed by atoms with van der Waals surface area (Å²) in [4.78, 5) is 11.3. The molecule has 2 heterocycles. The fraction of sp³-hybridized carbons (Fsp3) is 0.333. The third-order valence-electron chi connectivity index (χ3n) is 2.05. The van der Waals surface area contributed by atoms with Crippen LogP contribution in [0, 0.1) is 5.82 Å². The lowest BCUT2D eigenvalue weighted by atomic mass is 10.4. The first-order chi connectivity index (χ1) is 8.15. The lowest BCUT2D eigenvalue weighted by Crippen LogP contribution is -2.10. The van der Waals surface area contributed by atoms with E-state index in [0.29, 0.717) is 18.8 Å². The molecule has 0 unspecified atom stereocenters. The Kier molecular flexibility index (Phi) is 3.12. The molecule has 8 heteroatoms. The van der Waals surface area contributed by atoms with Gasteiger partial charge < -0.3 is 11.1 Å². The predicted octanol–water partition coefficient (Wildman–Crippen LogP) is -0.0190. The maximum Gasteiger partial charge on any atom is 0.222 e. The van der Waals surface area contributed by atoms with Crippen LogP contribution in [0.3, 0.4) is 0 Å². The van der Waals surface area contributed by atoms with Crippen molar-refractivity contribution in [2.24, 2.45) is 7.05 Å². The van der Waals surface area contributed by atoms with Crippen LogP contribution >= 0.6 is 0 Å². The van der Waals surface area contributed by atoms with Crippen LogP contribution in [0.5, 0.6) is 0 Å². The maximum atomic E-state index is 13.2. The van der Waals surface area contributed by atoms with Crippen LogP contribution in [0.4, 0.5) is 16.2 Å². The first-order valence-corrected chi connectivity index (χ1v) is 5.01. The first-order valence-electron chi connectivity index (χ1n) is 5.01. The maximum absolute atomic E-state index is 13.2. The van der Waals surface area contributed by atoms with Gasteiger partial charge in [0.2, 0.25) is 5.95 Å². The van der Waals surface area contributed by atoms with Crippen molar-refractivity contribution in [3.8, 4) is 0 Å². The van der Waals surface area contributed by atoms with Crippen molar-refractivity contribution in [2.45, 2.75) is 6.42 Å². The number of aryl methyl sites for hydroxylation is 1. The van der Waals surface area contributed by atoms with Crippen molar-refractivity contribution in [2.75, 3.05) is 17.6 Å². The van der Waals surface area contributed by atoms with Crippen LogP contribution < -0.4 is 11.1 Å². The minimum absolute atomic E-state index is 0.0323. The molecule has 2 aromatic rings. The van der Waals surface area contributed by atoms with Crippen molar-refractivity contribution < 1.29 is 4.39 Å². The lowest BCUT2D eigenvalue weighted by Gasteiger charge is -2.04. The molecule has 0 aliphatic carbocycles. The largest absolute Gasteiger partial charge is 0.368 e. The average Bonchev–Trinajstić information content (AvgIpc) is 2.69. The van der Waals surface area contributed by atoms with Crippen molar-refractivity contribution in [1.29, 1.82) is 0 Å². The molecule has 0 fully saturated rings. The summed E-state index contributed by atoms with van der Waals surface area (Å²) in [5.41, 5.74) is 5.36. The molecule has 90 valence electrons. The standard InChI is InChI=1S/C9H12FN7/c1-17-5-14-7(16-17)2-3-12-8-6(10)4-13-9(11)15-8/h4-5H,2-3H2,1H3,(H3,11,12,13,15). The summed E-state index contributed by atoms with van der Waals surface area (Å²) in [6.45, 7) is 0.470. The highest BCUT2D eigenvalue weighted by molar-refractivity contribution is 5.39. The van der Waals surface area contributed by atoms with Gasteiger partial charge in [-0.05, 0) is 0 Å². The van der Waals surface area contributed by atoms with Crippen molar-refractivity contribution in [3.63, 3.8) is 0 Å². The van der Waals surface area contributed by atoms with Gasteiger partial charge in [0.15, 0.2) is 17.5 Å². The number of anilines is 2. The second-order valence-electron chi connectivity index (χ2n) is 3.44. The van der Waals surface area contributed by atoms with Crippen LogP contribution in [0.25, 0.3) is 0 Å². The van der Waals surface area contributed by atoms with Gasteiger partial charge in [0.25, 0.3) is 0 Å². The van der Waals surface area contributed by atoms with E-state index in [1.54, 1.807) is 18.1 Å². The second-order valence-corrected chi connectivity index (χ2v) is 3.44. The van der Waals surface area contributed by atoms with Crippen LogP contribution in [0.15, 0.2) is 12.5 Å². The Morgan fingerprint density at radius 1 is 1.47 bits per heavy atom. The molecule has 0 radical (unpaired) electrons. The van der Waals surface area contributed by atoms with E-state index in [-0.39, 0.29) is 11.8 Å². The van der Waals surface area contributed by atoms with Gasteiger partial charge in [-0.2, -0.15) is 10.1 Å². The Balaban J connectivity index is 1.91. The molecule has 0 aliphatic rings. The smallest absolute Gasteiger partial charge is 0.222 e. The fourth-order valence-electron chi connectivity index (χ4n) is 1.30. The van der Waals surface area contributed by atoms with Gasteiger partial charge in [0.1, 0.15) is 6.33 Å². The van der Waals surface area contributed by atoms with Gasteiger partial charge in [-0.15, -0.1) is 0 Å². The minimum atomic E-state index is -0.534. The van der Waals surface area contributed by atoms with Gasteiger partial charge in [0.05, 0.1) is 6.20 Å². The lowest BCUT2D eigenvalue weighted by molar-refractivity contribution is 0.617. The van der Waals surface area contributed by atoms with Gasteiger partial charge >= 0.3 is 0 Å². The molecule has 0 bridgehead atoms. The van der Waals surface area contributed by atoms with E-state index in [0.717, 1.165) is 6.20 Å². The molecule has 0 saturated carbocycles. The summed E-state index contributed by atoms with van der Waals surface area (Å²) in [5.74, 6) is 0.272. The molecule has 2 rings (SSSR count). The zero-order valence-electron chi connectivity index (χ0n) is 9.26. The van der Waals surface area contributed by atoms with E-state index in [2.05, 4.69) is 25.4 Å².